The maximum absolute atomic E-state index is 12.7. The number of carbonyl (C=O) groups is 1. The van der Waals surface area contributed by atoms with Crippen molar-refractivity contribution in [1.29, 1.82) is 0 Å². The van der Waals surface area contributed by atoms with Crippen molar-refractivity contribution in [1.82, 2.24) is 10.6 Å². The van der Waals surface area contributed by atoms with E-state index in [2.05, 4.69) is 58.5 Å². The van der Waals surface area contributed by atoms with E-state index in [1.807, 2.05) is 49.4 Å². The fourth-order valence-electron chi connectivity index (χ4n) is 3.68. The molecule has 2 atom stereocenters. The first-order valence-corrected chi connectivity index (χ1v) is 10.7. The van der Waals surface area contributed by atoms with Crippen LogP contribution < -0.4 is 10.6 Å². The highest BCUT2D eigenvalue weighted by molar-refractivity contribution is 7.10. The second-order valence-corrected chi connectivity index (χ2v) is 8.08. The van der Waals surface area contributed by atoms with Crippen molar-refractivity contribution in [2.24, 2.45) is 0 Å². The zero-order chi connectivity index (χ0) is 20.1. The van der Waals surface area contributed by atoms with Gasteiger partial charge in [-0.05, 0) is 40.3 Å². The molecule has 3 nitrogen and oxygen atoms in total. The molecule has 0 spiro atoms. The van der Waals surface area contributed by atoms with Gasteiger partial charge in [0.15, 0.2) is 0 Å². The monoisotopic (exact) mass is 400 g/mol. The molecule has 4 rings (SSSR count). The first-order valence-electron chi connectivity index (χ1n) is 9.81. The number of hydrogen-bond donors (Lipinski definition) is 2. The van der Waals surface area contributed by atoms with Gasteiger partial charge >= 0.3 is 0 Å². The van der Waals surface area contributed by atoms with Gasteiger partial charge in [-0.2, -0.15) is 0 Å². The van der Waals surface area contributed by atoms with Crippen LogP contribution in [0.5, 0.6) is 0 Å². The van der Waals surface area contributed by atoms with E-state index in [0.29, 0.717) is 0 Å². The van der Waals surface area contributed by atoms with Gasteiger partial charge in [-0.3, -0.25) is 10.1 Å². The zero-order valence-electron chi connectivity index (χ0n) is 16.3. The summed E-state index contributed by atoms with van der Waals surface area (Å²) in [6, 6.07) is 28.8. The molecule has 2 N–H and O–H groups in total. The summed E-state index contributed by atoms with van der Waals surface area (Å²) in [6.07, 6.45) is 0. The summed E-state index contributed by atoms with van der Waals surface area (Å²) in [6.45, 7) is 2.29. The molecule has 0 saturated carbocycles. The molecule has 0 bridgehead atoms. The average molecular weight is 401 g/mol. The Morgan fingerprint density at radius 3 is 2.45 bits per heavy atom. The minimum absolute atomic E-state index is 0.00908. The van der Waals surface area contributed by atoms with E-state index in [1.54, 1.807) is 11.3 Å². The molecule has 0 saturated heterocycles. The molecule has 0 fully saturated rings. The molecule has 4 aromatic rings. The van der Waals surface area contributed by atoms with Crippen LogP contribution in [0.15, 0.2) is 90.3 Å². The Hall–Kier alpha value is -2.95. The Bertz CT molecular complexity index is 1070. The normalized spacial score (nSPS) is 13.1. The summed E-state index contributed by atoms with van der Waals surface area (Å²) >= 11 is 1.70. The molecule has 29 heavy (non-hydrogen) atoms. The zero-order valence-corrected chi connectivity index (χ0v) is 17.2. The van der Waals surface area contributed by atoms with Crippen molar-refractivity contribution < 1.29 is 4.79 Å². The van der Waals surface area contributed by atoms with Crippen molar-refractivity contribution >= 4 is 28.0 Å². The minimum atomic E-state index is -0.0627. The standard InChI is InChI=1S/C25H24N2OS/c1-18(21-14-7-12-19-9-5-6-13-22(19)21)27-24(28)17-26-25(23-15-8-16-29-23)20-10-3-2-4-11-20/h2-16,18,25-26H,17H2,1H3,(H,27,28)/t18-,25+/m0/s1. The summed E-state index contributed by atoms with van der Waals surface area (Å²) in [5, 5.41) is 11.0. The van der Waals surface area contributed by atoms with Crippen LogP contribution in [0.3, 0.4) is 0 Å². The van der Waals surface area contributed by atoms with E-state index in [4.69, 9.17) is 0 Å². The maximum atomic E-state index is 12.7. The van der Waals surface area contributed by atoms with E-state index < -0.39 is 0 Å². The number of hydrogen-bond acceptors (Lipinski definition) is 3. The van der Waals surface area contributed by atoms with Crippen LogP contribution in [-0.2, 0) is 4.79 Å². The molecule has 0 aliphatic carbocycles. The highest BCUT2D eigenvalue weighted by Crippen LogP contribution is 2.26. The lowest BCUT2D eigenvalue weighted by molar-refractivity contribution is -0.120. The third-order valence-corrected chi connectivity index (χ3v) is 6.03. The predicted octanol–water partition coefficient (Wildman–Crippen LogP) is 5.46. The third-order valence-electron chi connectivity index (χ3n) is 5.09. The van der Waals surface area contributed by atoms with Gasteiger partial charge in [0, 0.05) is 4.88 Å². The summed E-state index contributed by atoms with van der Waals surface area (Å²) in [4.78, 5) is 13.9. The Morgan fingerprint density at radius 2 is 1.66 bits per heavy atom. The van der Waals surface area contributed by atoms with Crippen molar-refractivity contribution in [3.05, 3.63) is 106 Å². The maximum Gasteiger partial charge on any atom is 0.234 e. The van der Waals surface area contributed by atoms with Crippen LogP contribution >= 0.6 is 11.3 Å². The Morgan fingerprint density at radius 1 is 0.897 bits per heavy atom. The van der Waals surface area contributed by atoms with Crippen LogP contribution in [0.4, 0.5) is 0 Å². The van der Waals surface area contributed by atoms with Gasteiger partial charge in [-0.25, -0.2) is 0 Å². The lowest BCUT2D eigenvalue weighted by Gasteiger charge is -2.20. The number of benzene rings is 3. The fourth-order valence-corrected chi connectivity index (χ4v) is 4.50. The van der Waals surface area contributed by atoms with E-state index in [0.717, 1.165) is 11.1 Å². The molecule has 1 amide bonds. The summed E-state index contributed by atoms with van der Waals surface area (Å²) in [7, 11) is 0. The lowest BCUT2D eigenvalue weighted by Crippen LogP contribution is -2.37. The Kier molecular flexibility index (Phi) is 6.03. The van der Waals surface area contributed by atoms with Gasteiger partial charge in [-0.1, -0.05) is 78.9 Å². The Balaban J connectivity index is 1.45. The molecule has 0 aliphatic rings. The second-order valence-electron chi connectivity index (χ2n) is 7.10. The topological polar surface area (TPSA) is 41.1 Å². The second kappa shape index (κ2) is 9.03. The molecule has 3 aromatic carbocycles. The van der Waals surface area contributed by atoms with Gasteiger partial charge in [0.1, 0.15) is 0 Å². The number of nitrogens with one attached hydrogen (secondary N) is 2. The number of amides is 1. The van der Waals surface area contributed by atoms with Crippen LogP contribution in [0.25, 0.3) is 10.8 Å². The molecule has 1 aromatic heterocycles. The molecule has 0 radical (unpaired) electrons. The molecule has 0 unspecified atom stereocenters. The van der Waals surface area contributed by atoms with Gasteiger partial charge < -0.3 is 5.32 Å². The first-order chi connectivity index (χ1) is 14.2. The van der Waals surface area contributed by atoms with Crippen LogP contribution in [-0.4, -0.2) is 12.5 Å². The van der Waals surface area contributed by atoms with Crippen molar-refractivity contribution in [2.45, 2.75) is 19.0 Å². The smallest absolute Gasteiger partial charge is 0.234 e. The summed E-state index contributed by atoms with van der Waals surface area (Å²) in [5.41, 5.74) is 2.29. The SMILES string of the molecule is C[C@H](NC(=O)CN[C@H](c1ccccc1)c1cccs1)c1cccc2ccccc12. The molecule has 146 valence electrons. The largest absolute Gasteiger partial charge is 0.348 e. The molecular formula is C25H24N2OS. The van der Waals surface area contributed by atoms with E-state index in [-0.39, 0.29) is 24.5 Å². The predicted molar refractivity (Wildman–Crippen MR) is 121 cm³/mol. The van der Waals surface area contributed by atoms with Crippen LogP contribution in [0.1, 0.15) is 35.0 Å². The lowest BCUT2D eigenvalue weighted by atomic mass is 10.00. The molecule has 1 heterocycles. The van der Waals surface area contributed by atoms with E-state index in [1.165, 1.54) is 15.6 Å². The van der Waals surface area contributed by atoms with Crippen LogP contribution in [0.2, 0.25) is 0 Å². The molecule has 4 heteroatoms. The third kappa shape index (κ3) is 4.56. The minimum Gasteiger partial charge on any atom is -0.348 e. The first kappa shape index (κ1) is 19.4. The fraction of sp³-hybridized carbons (Fsp3) is 0.160. The highest BCUT2D eigenvalue weighted by Gasteiger charge is 2.17. The quantitative estimate of drug-likeness (QED) is 0.433. The van der Waals surface area contributed by atoms with Crippen molar-refractivity contribution in [3.8, 4) is 0 Å². The van der Waals surface area contributed by atoms with E-state index >= 15 is 0 Å². The van der Waals surface area contributed by atoms with E-state index in [9.17, 15) is 4.79 Å². The van der Waals surface area contributed by atoms with Gasteiger partial charge in [0.2, 0.25) is 5.91 Å². The summed E-state index contributed by atoms with van der Waals surface area (Å²) < 4.78 is 0. The van der Waals surface area contributed by atoms with Gasteiger partial charge in [-0.15, -0.1) is 11.3 Å². The molecule has 0 aliphatic heterocycles. The van der Waals surface area contributed by atoms with Crippen molar-refractivity contribution in [3.63, 3.8) is 0 Å². The van der Waals surface area contributed by atoms with Gasteiger partial charge in [0.25, 0.3) is 0 Å². The van der Waals surface area contributed by atoms with Crippen LogP contribution in [0, 0.1) is 0 Å². The van der Waals surface area contributed by atoms with Crippen molar-refractivity contribution in [2.75, 3.05) is 6.54 Å². The average Bonchev–Trinajstić information content (AvgIpc) is 3.29. The molecular weight excluding hydrogens is 376 g/mol. The summed E-state index contributed by atoms with van der Waals surface area (Å²) in [5.74, 6) is -0.0112. The highest BCUT2D eigenvalue weighted by atomic mass is 32.1. The number of rotatable bonds is 7. The van der Waals surface area contributed by atoms with Gasteiger partial charge in [0.05, 0.1) is 18.6 Å². The Labute approximate surface area is 175 Å². The number of carbonyl (C=O) groups excluding carboxylic acids is 1. The number of thiophene rings is 1. The number of fused-ring (bicyclic) bond motifs is 1.